The lowest BCUT2D eigenvalue weighted by Crippen LogP contribution is -2.64. The lowest BCUT2D eigenvalue weighted by Gasteiger charge is -2.73. The Labute approximate surface area is 192 Å². The van der Waals surface area contributed by atoms with Crippen molar-refractivity contribution in [1.82, 2.24) is 0 Å². The van der Waals surface area contributed by atoms with E-state index in [1.54, 1.807) is 116 Å². The maximum atomic E-state index is 1.75. The first-order valence-electron chi connectivity index (χ1n) is 15.0. The first kappa shape index (κ1) is 18.5. The van der Waals surface area contributed by atoms with Gasteiger partial charge in [-0.3, -0.25) is 0 Å². The lowest BCUT2D eigenvalue weighted by atomic mass is 9.54. The molecule has 0 spiro atoms. The second-order valence-electron chi connectivity index (χ2n) is 16.0. The summed E-state index contributed by atoms with van der Waals surface area (Å²) in [6.07, 6.45) is 30.7. The van der Waals surface area contributed by atoms with Crippen LogP contribution < -0.4 is 0 Å². The molecule has 0 aromatic heterocycles. The Kier molecular flexibility index (Phi) is 3.52. The zero-order chi connectivity index (χ0) is 20.0. The fourth-order valence-corrected chi connectivity index (χ4v) is 22.7. The minimum Gasteiger partial charge on any atom is -0.0476 e. The molecule has 0 saturated heterocycles. The van der Waals surface area contributed by atoms with Gasteiger partial charge in [0.2, 0.25) is 0 Å². The number of hydrogen-bond acceptors (Lipinski definition) is 0. The minimum absolute atomic E-state index is 0.327. The summed E-state index contributed by atoms with van der Waals surface area (Å²) in [7, 11) is -0.327. The fraction of sp³-hybridized carbons (Fsp3) is 1.00. The molecule has 0 heterocycles. The highest BCUT2D eigenvalue weighted by molar-refractivity contribution is 6.69. The molecule has 169 valence electrons. The quantitative estimate of drug-likeness (QED) is 0.392. The molecule has 0 aromatic carbocycles. The molecule has 12 saturated carbocycles. The van der Waals surface area contributed by atoms with Crippen LogP contribution in [0.25, 0.3) is 0 Å². The molecule has 0 nitrogen and oxygen atoms in total. The summed E-state index contributed by atoms with van der Waals surface area (Å²) < 4.78 is 0. The summed E-state index contributed by atoms with van der Waals surface area (Å²) in [6.45, 7) is 0. The normalized spacial score (nSPS) is 64.7. The van der Waals surface area contributed by atoms with Crippen LogP contribution in [0.3, 0.4) is 0 Å². The SMILES string of the molecule is C1C2CC3CC1CC([Si](C14CC5CC(CC(C5)C1)C4)C14CC5CC(CC(C5)C1)C4)(C2)C3. The molecule has 12 aliphatic carbocycles. The summed E-state index contributed by atoms with van der Waals surface area (Å²) in [4.78, 5) is 0. The van der Waals surface area contributed by atoms with E-state index in [0.717, 1.165) is 15.1 Å². The van der Waals surface area contributed by atoms with Crippen LogP contribution in [-0.4, -0.2) is 8.80 Å². The second-order valence-corrected chi connectivity index (χ2v) is 19.9. The van der Waals surface area contributed by atoms with Crippen molar-refractivity contribution in [3.8, 4) is 0 Å². The first-order valence-corrected chi connectivity index (χ1v) is 16.5. The van der Waals surface area contributed by atoms with Gasteiger partial charge in [-0.05, 0) is 184 Å². The largest absolute Gasteiger partial charge is 0.0679 e. The Morgan fingerprint density at radius 3 is 0.613 bits per heavy atom. The molecule has 0 amide bonds. The zero-order valence-corrected chi connectivity index (χ0v) is 20.9. The van der Waals surface area contributed by atoms with Gasteiger partial charge in [-0.1, -0.05) is 0 Å². The highest BCUT2D eigenvalue weighted by atomic mass is 28.3. The Morgan fingerprint density at radius 1 is 0.290 bits per heavy atom. The summed E-state index contributed by atoms with van der Waals surface area (Å²) in [5, 5.41) is 2.74. The van der Waals surface area contributed by atoms with Crippen molar-refractivity contribution in [2.75, 3.05) is 0 Å². The third kappa shape index (κ3) is 2.44. The van der Waals surface area contributed by atoms with Crippen LogP contribution in [0.4, 0.5) is 0 Å². The molecule has 31 heavy (non-hydrogen) atoms. The third-order valence-electron chi connectivity index (χ3n) is 13.7. The van der Waals surface area contributed by atoms with Crippen LogP contribution in [0.2, 0.25) is 15.1 Å². The summed E-state index contributed by atoms with van der Waals surface area (Å²) >= 11 is 0. The van der Waals surface area contributed by atoms with Gasteiger partial charge in [0.1, 0.15) is 0 Å². The summed E-state index contributed by atoms with van der Waals surface area (Å²) in [5.74, 6) is 10.6. The monoisotopic (exact) mass is 433 g/mol. The maximum absolute atomic E-state index is 1.75. The van der Waals surface area contributed by atoms with E-state index in [1.165, 1.54) is 53.3 Å². The van der Waals surface area contributed by atoms with Gasteiger partial charge in [0, 0.05) is 0 Å². The predicted octanol–water partition coefficient (Wildman–Crippen LogP) is 8.39. The first-order chi connectivity index (χ1) is 15.1. The van der Waals surface area contributed by atoms with Crippen LogP contribution >= 0.6 is 0 Å². The fourth-order valence-electron chi connectivity index (χ4n) is 14.9. The number of hydrogen-bond donors (Lipinski definition) is 0. The molecule has 12 rings (SSSR count). The molecule has 1 heteroatoms. The van der Waals surface area contributed by atoms with Crippen LogP contribution in [0, 0.1) is 53.3 Å². The van der Waals surface area contributed by atoms with E-state index in [-0.39, 0.29) is 8.80 Å². The van der Waals surface area contributed by atoms with Gasteiger partial charge in [0.15, 0.2) is 0 Å². The molecule has 0 aliphatic heterocycles. The van der Waals surface area contributed by atoms with E-state index >= 15 is 0 Å². The molecule has 12 aliphatic rings. The predicted molar refractivity (Wildman–Crippen MR) is 128 cm³/mol. The van der Waals surface area contributed by atoms with E-state index < -0.39 is 0 Å². The van der Waals surface area contributed by atoms with Gasteiger partial charge in [-0.25, -0.2) is 0 Å². The minimum atomic E-state index is -0.327. The van der Waals surface area contributed by atoms with Gasteiger partial charge in [0.25, 0.3) is 0 Å². The van der Waals surface area contributed by atoms with Crippen LogP contribution in [0.5, 0.6) is 0 Å². The van der Waals surface area contributed by atoms with Crippen molar-refractivity contribution in [3.05, 3.63) is 0 Å². The molecule has 1 radical (unpaired) electrons. The van der Waals surface area contributed by atoms with Crippen LogP contribution in [0.15, 0.2) is 0 Å². The highest BCUT2D eigenvalue weighted by Crippen LogP contribution is 2.81. The van der Waals surface area contributed by atoms with Crippen molar-refractivity contribution in [3.63, 3.8) is 0 Å². The van der Waals surface area contributed by atoms with Crippen molar-refractivity contribution in [2.24, 2.45) is 53.3 Å². The van der Waals surface area contributed by atoms with Crippen molar-refractivity contribution in [2.45, 2.75) is 131 Å². The van der Waals surface area contributed by atoms with Crippen molar-refractivity contribution >= 4 is 8.80 Å². The van der Waals surface area contributed by atoms with E-state index in [0.29, 0.717) is 0 Å². The van der Waals surface area contributed by atoms with E-state index in [1.807, 2.05) is 0 Å². The van der Waals surface area contributed by atoms with Crippen LogP contribution in [0.1, 0.15) is 116 Å². The van der Waals surface area contributed by atoms with E-state index in [4.69, 9.17) is 0 Å². The average Bonchev–Trinajstić information content (AvgIpc) is 2.63. The number of rotatable bonds is 3. The molecule has 0 atom stereocenters. The maximum Gasteiger partial charge on any atom is 0.0679 e. The van der Waals surface area contributed by atoms with Crippen LogP contribution in [-0.2, 0) is 0 Å². The second kappa shape index (κ2) is 5.88. The van der Waals surface area contributed by atoms with Crippen molar-refractivity contribution in [1.29, 1.82) is 0 Å². The van der Waals surface area contributed by atoms with Gasteiger partial charge in [-0.15, -0.1) is 0 Å². The third-order valence-corrected chi connectivity index (χ3v) is 18.7. The van der Waals surface area contributed by atoms with Gasteiger partial charge >= 0.3 is 0 Å². The molecular weight excluding hydrogens is 388 g/mol. The average molecular weight is 434 g/mol. The Hall–Kier alpha value is 0.217. The Bertz CT molecular complexity index is 582. The molecule has 0 N–H and O–H groups in total. The summed E-state index contributed by atoms with van der Waals surface area (Å²) in [6, 6.07) is 0. The molecule has 0 aromatic rings. The standard InChI is InChI=1S/C30H45Si/c1-19-2-21-3-20(1)11-28(10-19,12-21)31(29-13-22-4-23(14-29)6-24(5-22)15-29)30-16-25-7-26(17-30)9-27(8-25)18-30/h19-27H,1-18H2. The van der Waals surface area contributed by atoms with Gasteiger partial charge < -0.3 is 0 Å². The lowest BCUT2D eigenvalue weighted by molar-refractivity contribution is -0.0174. The van der Waals surface area contributed by atoms with E-state index in [2.05, 4.69) is 0 Å². The highest BCUT2D eigenvalue weighted by Gasteiger charge is 2.70. The molecular formula is C30H45Si. The Morgan fingerprint density at radius 2 is 0.452 bits per heavy atom. The Balaban J connectivity index is 1.21. The smallest absolute Gasteiger partial charge is 0.0476 e. The zero-order valence-electron chi connectivity index (χ0n) is 19.9. The molecule has 0 unspecified atom stereocenters. The van der Waals surface area contributed by atoms with Gasteiger partial charge in [-0.2, -0.15) is 0 Å². The van der Waals surface area contributed by atoms with E-state index in [9.17, 15) is 0 Å². The molecule has 12 fully saturated rings. The topological polar surface area (TPSA) is 0 Å². The van der Waals surface area contributed by atoms with Crippen molar-refractivity contribution < 1.29 is 0 Å². The molecule has 12 bridgehead atoms. The van der Waals surface area contributed by atoms with Gasteiger partial charge in [0.05, 0.1) is 8.80 Å². The summed E-state index contributed by atoms with van der Waals surface area (Å²) in [5.41, 5.74) is 0.